The van der Waals surface area contributed by atoms with E-state index in [-0.39, 0.29) is 0 Å². The molecule has 0 saturated heterocycles. The standard InChI is InChI=1S/C78H58N5OP/c1-77(2)64-47-58(79(51-27-12-5-13-28-51)52-29-14-6-15-30-52)43-45-60(64)62-49-68-75-72(70(62)77)83(57-39-24-11-25-40-57)73-71-63(61-46-44-59(48-65(61)78(71,3)4)80(53-31-16-7-17-32-53)54-33-18-8-19-34-54)50-69-76(73)85(75,84)74-66(81(68)55-35-20-9-21-36-55)41-26-42-67(74)82(69)56-37-22-10-23-38-56/h5-50H,1-4H3. The van der Waals surface area contributed by atoms with E-state index in [1.165, 1.54) is 33.4 Å². The highest BCUT2D eigenvalue weighted by Crippen LogP contribution is 2.72. The van der Waals surface area contributed by atoms with E-state index in [2.05, 4.69) is 331 Å². The van der Waals surface area contributed by atoms with Crippen molar-refractivity contribution in [2.45, 2.75) is 38.5 Å². The second-order valence-electron chi connectivity index (χ2n) is 24.0. The lowest BCUT2D eigenvalue weighted by atomic mass is 9.79. The lowest BCUT2D eigenvalue weighted by Crippen LogP contribution is -2.49. The Morgan fingerprint density at radius 2 is 0.612 bits per heavy atom. The van der Waals surface area contributed by atoms with Crippen molar-refractivity contribution >= 4 is 108 Å². The third kappa shape index (κ3) is 6.86. The molecular formula is C78H58N5OP. The zero-order valence-electron chi connectivity index (χ0n) is 47.6. The molecule has 0 bridgehead atoms. The smallest absolute Gasteiger partial charge is 0.183 e. The van der Waals surface area contributed by atoms with Crippen molar-refractivity contribution < 1.29 is 4.57 Å². The minimum absolute atomic E-state index is 0.594. The van der Waals surface area contributed by atoms with E-state index in [0.717, 1.165) is 112 Å². The Morgan fingerprint density at radius 3 is 0.953 bits per heavy atom. The van der Waals surface area contributed by atoms with Gasteiger partial charge in [0.1, 0.15) is 0 Å². The van der Waals surface area contributed by atoms with Gasteiger partial charge in [-0.25, -0.2) is 0 Å². The van der Waals surface area contributed by atoms with Crippen LogP contribution in [-0.4, -0.2) is 0 Å². The van der Waals surface area contributed by atoms with Crippen LogP contribution in [0.2, 0.25) is 0 Å². The van der Waals surface area contributed by atoms with Crippen molar-refractivity contribution in [3.63, 3.8) is 0 Å². The number of anilines is 15. The zero-order valence-corrected chi connectivity index (χ0v) is 48.5. The first-order valence-electron chi connectivity index (χ1n) is 29.5. The van der Waals surface area contributed by atoms with Crippen LogP contribution < -0.4 is 40.4 Å². The first kappa shape index (κ1) is 49.5. The maximum absolute atomic E-state index is 18.9. The molecule has 85 heavy (non-hydrogen) atoms. The summed E-state index contributed by atoms with van der Waals surface area (Å²) in [6, 6.07) is 101. The normalized spacial score (nSPS) is 15.1. The first-order chi connectivity index (χ1) is 41.6. The Bertz CT molecular complexity index is 4390. The van der Waals surface area contributed by atoms with Gasteiger partial charge in [-0.1, -0.05) is 173 Å². The second kappa shape index (κ2) is 18.2. The molecule has 0 N–H and O–H groups in total. The fourth-order valence-corrected chi connectivity index (χ4v) is 18.8. The molecule has 0 radical (unpaired) electrons. The lowest BCUT2D eigenvalue weighted by Gasteiger charge is -2.51. The zero-order chi connectivity index (χ0) is 56.9. The SMILES string of the molecule is CC1(C)c2cc(N(c3ccccc3)c3ccccc3)ccc2-c2cc3c4c(c21)N(c1ccccc1)c1c2c(cc5c1P4(=O)c1c(cccc1N5c1ccccc1)N3c1ccccc1)-c1ccc(N(c3ccccc3)c3ccccc3)cc1C2(C)C. The molecule has 6 nitrogen and oxygen atoms in total. The van der Waals surface area contributed by atoms with Gasteiger partial charge in [0.15, 0.2) is 7.14 Å². The largest absolute Gasteiger partial charge is 0.310 e. The molecule has 406 valence electrons. The molecule has 17 rings (SSSR count). The highest BCUT2D eigenvalue weighted by atomic mass is 31.2. The number of hydrogen-bond donors (Lipinski definition) is 0. The molecule has 0 saturated carbocycles. The van der Waals surface area contributed by atoms with Crippen molar-refractivity contribution in [1.29, 1.82) is 0 Å². The van der Waals surface area contributed by atoms with E-state index < -0.39 is 18.0 Å². The summed E-state index contributed by atoms with van der Waals surface area (Å²) in [5, 5.41) is 2.63. The quantitative estimate of drug-likeness (QED) is 0.134. The number of para-hydroxylation sites is 7. The molecule has 7 heteroatoms. The molecule has 0 aromatic heterocycles. The predicted octanol–water partition coefficient (Wildman–Crippen LogP) is 20.2. The second-order valence-corrected chi connectivity index (χ2v) is 26.6. The molecule has 0 atom stereocenters. The minimum Gasteiger partial charge on any atom is -0.310 e. The van der Waals surface area contributed by atoms with Gasteiger partial charge in [0, 0.05) is 62.0 Å². The molecule has 3 aliphatic heterocycles. The fraction of sp³-hybridized carbons (Fsp3) is 0.0769. The van der Waals surface area contributed by atoms with Crippen molar-refractivity contribution in [3.05, 3.63) is 301 Å². The Morgan fingerprint density at radius 1 is 0.294 bits per heavy atom. The molecule has 0 amide bonds. The summed E-state index contributed by atoms with van der Waals surface area (Å²) in [5.41, 5.74) is 23.5. The summed E-state index contributed by atoms with van der Waals surface area (Å²) in [6.45, 7) is 9.60. The third-order valence-corrected chi connectivity index (χ3v) is 21.9. The number of nitrogens with zero attached hydrogens (tertiary/aromatic N) is 5. The first-order valence-corrected chi connectivity index (χ1v) is 31.2. The fourth-order valence-electron chi connectivity index (χ4n) is 15.2. The van der Waals surface area contributed by atoms with Gasteiger partial charge >= 0.3 is 0 Å². The summed E-state index contributed by atoms with van der Waals surface area (Å²) >= 11 is 0. The van der Waals surface area contributed by atoms with Crippen molar-refractivity contribution in [3.8, 4) is 22.3 Å². The van der Waals surface area contributed by atoms with Gasteiger partial charge in [-0.15, -0.1) is 0 Å². The van der Waals surface area contributed by atoms with Gasteiger partial charge < -0.3 is 29.1 Å². The van der Waals surface area contributed by atoms with Crippen LogP contribution in [0.1, 0.15) is 49.9 Å². The molecule has 12 aromatic carbocycles. The summed E-state index contributed by atoms with van der Waals surface area (Å²) in [6.07, 6.45) is 0. The maximum atomic E-state index is 18.9. The van der Waals surface area contributed by atoms with Crippen LogP contribution in [-0.2, 0) is 15.4 Å². The van der Waals surface area contributed by atoms with Gasteiger partial charge in [-0.05, 0) is 178 Å². The van der Waals surface area contributed by atoms with Crippen molar-refractivity contribution in [2.24, 2.45) is 0 Å². The van der Waals surface area contributed by atoms with Crippen molar-refractivity contribution in [1.82, 2.24) is 0 Å². The van der Waals surface area contributed by atoms with Gasteiger partial charge in [0.05, 0.1) is 50.0 Å². The van der Waals surface area contributed by atoms with Gasteiger partial charge in [-0.2, -0.15) is 0 Å². The van der Waals surface area contributed by atoms with E-state index in [4.69, 9.17) is 0 Å². The van der Waals surface area contributed by atoms with Gasteiger partial charge in [-0.3, -0.25) is 0 Å². The van der Waals surface area contributed by atoms with Crippen LogP contribution >= 0.6 is 7.14 Å². The van der Waals surface area contributed by atoms with E-state index in [1.54, 1.807) is 0 Å². The van der Waals surface area contributed by atoms with E-state index in [1.807, 2.05) is 0 Å². The van der Waals surface area contributed by atoms with Crippen LogP contribution in [0.3, 0.4) is 0 Å². The van der Waals surface area contributed by atoms with Crippen LogP contribution in [0.25, 0.3) is 22.3 Å². The third-order valence-electron chi connectivity index (χ3n) is 18.7. The monoisotopic (exact) mass is 1110 g/mol. The highest BCUT2D eigenvalue weighted by Gasteiger charge is 2.59. The molecule has 0 fully saturated rings. The molecule has 12 aromatic rings. The summed E-state index contributed by atoms with van der Waals surface area (Å²) in [4.78, 5) is 12.2. The number of rotatable bonds is 9. The predicted molar refractivity (Wildman–Crippen MR) is 355 cm³/mol. The topological polar surface area (TPSA) is 33.3 Å². The molecular weight excluding hydrogens is 1050 g/mol. The Kier molecular flexibility index (Phi) is 10.6. The van der Waals surface area contributed by atoms with E-state index >= 15 is 4.57 Å². The minimum atomic E-state index is -3.88. The van der Waals surface area contributed by atoms with Gasteiger partial charge in [0.2, 0.25) is 0 Å². The van der Waals surface area contributed by atoms with Crippen LogP contribution in [0.15, 0.2) is 279 Å². The Hall–Kier alpha value is -10.1. The number of benzene rings is 12. The highest BCUT2D eigenvalue weighted by molar-refractivity contribution is 7.87. The Labute approximate surface area is 496 Å². The van der Waals surface area contributed by atoms with Gasteiger partial charge in [0.25, 0.3) is 0 Å². The average Bonchev–Trinajstić information content (AvgIpc) is 1.66. The molecule has 0 spiro atoms. The molecule has 3 heterocycles. The maximum Gasteiger partial charge on any atom is 0.183 e. The molecule has 0 unspecified atom stereocenters. The van der Waals surface area contributed by atoms with Crippen LogP contribution in [0.5, 0.6) is 0 Å². The molecule has 5 aliphatic rings. The molecule has 2 aliphatic carbocycles. The summed E-state index contributed by atoms with van der Waals surface area (Å²) in [7, 11) is -3.88. The van der Waals surface area contributed by atoms with Crippen LogP contribution in [0.4, 0.5) is 85.3 Å². The van der Waals surface area contributed by atoms with E-state index in [9.17, 15) is 0 Å². The lowest BCUT2D eigenvalue weighted by molar-refractivity contribution is 0.591. The van der Waals surface area contributed by atoms with E-state index in [0.29, 0.717) is 0 Å². The van der Waals surface area contributed by atoms with Crippen molar-refractivity contribution in [2.75, 3.05) is 24.5 Å². The summed E-state index contributed by atoms with van der Waals surface area (Å²) in [5.74, 6) is 0. The average molecular weight is 1110 g/mol. The van der Waals surface area contributed by atoms with Crippen LogP contribution in [0, 0.1) is 0 Å². The Balaban J connectivity index is 0.997. The number of hydrogen-bond acceptors (Lipinski definition) is 6. The number of fused-ring (bicyclic) bond motifs is 8. The summed E-state index contributed by atoms with van der Waals surface area (Å²) < 4.78 is 18.9.